The lowest BCUT2D eigenvalue weighted by Crippen LogP contribution is -2.39. The Morgan fingerprint density at radius 1 is 1.32 bits per heavy atom. The Morgan fingerprint density at radius 3 is 2.92 bits per heavy atom. The average Bonchev–Trinajstić information content (AvgIpc) is 3.26. The van der Waals surface area contributed by atoms with Gasteiger partial charge in [0.2, 0.25) is 5.91 Å². The molecule has 1 aromatic carbocycles. The number of aliphatic imine (C=N–C) groups is 1. The van der Waals surface area contributed by atoms with Crippen molar-refractivity contribution in [3.8, 4) is 5.75 Å². The van der Waals surface area contributed by atoms with Crippen LogP contribution in [0.3, 0.4) is 0 Å². The number of hydrogen-bond donors (Lipinski definition) is 3. The van der Waals surface area contributed by atoms with Crippen LogP contribution in [-0.4, -0.2) is 44.1 Å². The van der Waals surface area contributed by atoms with Gasteiger partial charge in [-0.1, -0.05) is 12.1 Å². The summed E-state index contributed by atoms with van der Waals surface area (Å²) in [7, 11) is 0. The highest BCUT2D eigenvalue weighted by atomic mass is 127. The van der Waals surface area contributed by atoms with Gasteiger partial charge in [0.05, 0.1) is 6.61 Å². The van der Waals surface area contributed by atoms with Crippen LogP contribution in [0.15, 0.2) is 23.2 Å². The minimum absolute atomic E-state index is 0. The molecule has 1 aromatic rings. The fourth-order valence-electron chi connectivity index (χ4n) is 2.71. The van der Waals surface area contributed by atoms with Gasteiger partial charge in [0.1, 0.15) is 12.3 Å². The van der Waals surface area contributed by atoms with Crippen LogP contribution in [0.1, 0.15) is 30.9 Å². The summed E-state index contributed by atoms with van der Waals surface area (Å²) in [6, 6.07) is 6.77. The fraction of sp³-hybridized carbons (Fsp3) is 0.556. The van der Waals surface area contributed by atoms with E-state index in [2.05, 4.69) is 39.1 Å². The molecule has 1 heterocycles. The van der Waals surface area contributed by atoms with Crippen LogP contribution in [0.25, 0.3) is 0 Å². The molecule has 138 valence electrons. The molecular weight excluding hydrogens is 431 g/mol. The van der Waals surface area contributed by atoms with Crippen LogP contribution in [0.2, 0.25) is 0 Å². The molecule has 7 heteroatoms. The first kappa shape index (κ1) is 19.8. The van der Waals surface area contributed by atoms with Crippen LogP contribution >= 0.6 is 24.0 Å². The largest absolute Gasteiger partial charge is 0.493 e. The first-order valence-corrected chi connectivity index (χ1v) is 8.80. The number of fused-ring (bicyclic) bond motifs is 1. The Hall–Kier alpha value is -1.51. The van der Waals surface area contributed by atoms with Crippen LogP contribution in [0.4, 0.5) is 0 Å². The van der Waals surface area contributed by atoms with Gasteiger partial charge in [-0.2, -0.15) is 0 Å². The molecule has 25 heavy (non-hydrogen) atoms. The smallest absolute Gasteiger partial charge is 0.242 e. The van der Waals surface area contributed by atoms with Crippen molar-refractivity contribution in [2.45, 2.75) is 38.6 Å². The summed E-state index contributed by atoms with van der Waals surface area (Å²) in [5, 5.41) is 9.41. The number of benzene rings is 1. The Morgan fingerprint density at radius 2 is 2.16 bits per heavy atom. The number of rotatable bonds is 7. The number of halogens is 1. The maximum atomic E-state index is 11.7. The van der Waals surface area contributed by atoms with E-state index in [1.165, 1.54) is 11.1 Å². The lowest BCUT2D eigenvalue weighted by atomic mass is 10.1. The van der Waals surface area contributed by atoms with E-state index < -0.39 is 0 Å². The Bertz CT molecular complexity index is 617. The Balaban J connectivity index is 0.00000225. The van der Waals surface area contributed by atoms with Crippen LogP contribution in [0.5, 0.6) is 5.75 Å². The first-order chi connectivity index (χ1) is 11.7. The molecule has 6 nitrogen and oxygen atoms in total. The standard InChI is InChI=1S/C18H26N4O2.HI/c1-2-19-18(21-12-17(23)22-15-4-5-15)20-9-7-13-3-6-16-14(11-13)8-10-24-16;/h3,6,11,15H,2,4-5,7-10,12H2,1H3,(H,22,23)(H2,19,20,21);1H. The molecule has 1 amide bonds. The van der Waals surface area contributed by atoms with Crippen molar-refractivity contribution in [3.63, 3.8) is 0 Å². The van der Waals surface area contributed by atoms with Crippen LogP contribution < -0.4 is 20.7 Å². The molecule has 1 saturated carbocycles. The van der Waals surface area contributed by atoms with Gasteiger partial charge in [-0.15, -0.1) is 24.0 Å². The Labute approximate surface area is 166 Å². The molecule has 3 rings (SSSR count). The number of carbonyl (C=O) groups excluding carboxylic acids is 1. The van der Waals surface area contributed by atoms with Gasteiger partial charge in [0.15, 0.2) is 5.96 Å². The third-order valence-corrected chi connectivity index (χ3v) is 4.13. The molecule has 0 atom stereocenters. The number of nitrogens with one attached hydrogen (secondary N) is 3. The van der Waals surface area contributed by atoms with E-state index in [0.717, 1.165) is 51.1 Å². The van der Waals surface area contributed by atoms with Crippen molar-refractivity contribution < 1.29 is 9.53 Å². The van der Waals surface area contributed by atoms with Crippen molar-refractivity contribution >= 4 is 35.8 Å². The van der Waals surface area contributed by atoms with E-state index in [9.17, 15) is 4.79 Å². The number of nitrogens with zero attached hydrogens (tertiary/aromatic N) is 1. The summed E-state index contributed by atoms with van der Waals surface area (Å²) in [5.74, 6) is 1.70. The fourth-order valence-corrected chi connectivity index (χ4v) is 2.71. The van der Waals surface area contributed by atoms with Crippen molar-refractivity contribution in [1.82, 2.24) is 16.0 Å². The lowest BCUT2D eigenvalue weighted by Gasteiger charge is -2.11. The molecule has 0 spiro atoms. The zero-order valence-electron chi connectivity index (χ0n) is 14.6. The summed E-state index contributed by atoms with van der Waals surface area (Å²) < 4.78 is 5.53. The number of hydrogen-bond acceptors (Lipinski definition) is 3. The molecule has 0 unspecified atom stereocenters. The van der Waals surface area contributed by atoms with Gasteiger partial charge in [0, 0.05) is 25.6 Å². The molecule has 0 saturated heterocycles. The summed E-state index contributed by atoms with van der Waals surface area (Å²) in [5.41, 5.74) is 2.58. The number of ether oxygens (including phenoxy) is 1. The normalized spacial score (nSPS) is 15.6. The zero-order valence-corrected chi connectivity index (χ0v) is 17.0. The quantitative estimate of drug-likeness (QED) is 0.330. The molecule has 1 fully saturated rings. The van der Waals surface area contributed by atoms with E-state index in [1.54, 1.807) is 0 Å². The third-order valence-electron chi connectivity index (χ3n) is 4.13. The number of carbonyl (C=O) groups is 1. The van der Waals surface area contributed by atoms with Crippen molar-refractivity contribution in [2.75, 3.05) is 26.2 Å². The monoisotopic (exact) mass is 458 g/mol. The third kappa shape index (κ3) is 6.37. The van der Waals surface area contributed by atoms with Crippen molar-refractivity contribution in [2.24, 2.45) is 4.99 Å². The summed E-state index contributed by atoms with van der Waals surface area (Å²) in [6.45, 7) is 4.52. The number of guanidine groups is 1. The molecule has 1 aliphatic heterocycles. The van der Waals surface area contributed by atoms with E-state index in [-0.39, 0.29) is 36.4 Å². The molecule has 3 N–H and O–H groups in total. The van der Waals surface area contributed by atoms with Crippen molar-refractivity contribution in [1.29, 1.82) is 0 Å². The van der Waals surface area contributed by atoms with Gasteiger partial charge in [-0.25, -0.2) is 4.99 Å². The minimum atomic E-state index is -0.00618. The molecule has 0 radical (unpaired) electrons. The highest BCUT2D eigenvalue weighted by Crippen LogP contribution is 2.25. The molecule has 0 aromatic heterocycles. The van der Waals surface area contributed by atoms with Gasteiger partial charge in [-0.3, -0.25) is 4.79 Å². The highest BCUT2D eigenvalue weighted by Gasteiger charge is 2.22. The van der Waals surface area contributed by atoms with Crippen LogP contribution in [-0.2, 0) is 17.6 Å². The van der Waals surface area contributed by atoms with Gasteiger partial charge >= 0.3 is 0 Å². The molecule has 1 aliphatic carbocycles. The first-order valence-electron chi connectivity index (χ1n) is 8.80. The van der Waals surface area contributed by atoms with Gasteiger partial charge < -0.3 is 20.7 Å². The SMILES string of the molecule is CCNC(=NCC(=O)NC1CC1)NCCc1ccc2c(c1)CCO2.I. The van der Waals surface area contributed by atoms with E-state index in [4.69, 9.17) is 4.74 Å². The molecular formula is C18H27IN4O2. The molecule has 0 bridgehead atoms. The second kappa shape index (κ2) is 9.84. The predicted molar refractivity (Wildman–Crippen MR) is 110 cm³/mol. The van der Waals surface area contributed by atoms with Gasteiger partial charge in [0.25, 0.3) is 0 Å². The average molecular weight is 458 g/mol. The van der Waals surface area contributed by atoms with Crippen LogP contribution in [0, 0.1) is 0 Å². The maximum Gasteiger partial charge on any atom is 0.242 e. The maximum absolute atomic E-state index is 11.7. The van der Waals surface area contributed by atoms with E-state index in [0.29, 0.717) is 12.0 Å². The Kier molecular flexibility index (Phi) is 7.80. The lowest BCUT2D eigenvalue weighted by molar-refractivity contribution is -0.119. The second-order valence-electron chi connectivity index (χ2n) is 6.25. The second-order valence-corrected chi connectivity index (χ2v) is 6.25. The molecule has 2 aliphatic rings. The predicted octanol–water partition coefficient (Wildman–Crippen LogP) is 1.62. The van der Waals surface area contributed by atoms with Crippen molar-refractivity contribution in [3.05, 3.63) is 29.3 Å². The minimum Gasteiger partial charge on any atom is -0.493 e. The number of amides is 1. The summed E-state index contributed by atoms with van der Waals surface area (Å²) >= 11 is 0. The van der Waals surface area contributed by atoms with E-state index >= 15 is 0 Å². The van der Waals surface area contributed by atoms with Gasteiger partial charge in [-0.05, 0) is 43.4 Å². The highest BCUT2D eigenvalue weighted by molar-refractivity contribution is 14.0. The zero-order chi connectivity index (χ0) is 16.8. The topological polar surface area (TPSA) is 74.8 Å². The summed E-state index contributed by atoms with van der Waals surface area (Å²) in [6.07, 6.45) is 4.10. The summed E-state index contributed by atoms with van der Waals surface area (Å²) in [4.78, 5) is 16.1. The van der Waals surface area contributed by atoms with E-state index in [1.807, 2.05) is 6.92 Å².